The minimum absolute atomic E-state index is 0.606. The van der Waals surface area contributed by atoms with E-state index in [1.165, 1.54) is 6.42 Å². The molecule has 1 aliphatic rings. The van der Waals surface area contributed by atoms with Crippen LogP contribution in [0.2, 0.25) is 0 Å². The molecule has 1 fully saturated rings. The second-order valence-electron chi connectivity index (χ2n) is 3.29. The van der Waals surface area contributed by atoms with E-state index in [0.29, 0.717) is 6.04 Å². The normalized spacial score (nSPS) is 22.2. The Morgan fingerprint density at radius 1 is 1.62 bits per heavy atom. The Morgan fingerprint density at radius 3 is 3.15 bits per heavy atom. The lowest BCUT2D eigenvalue weighted by atomic mass is 10.3. The van der Waals surface area contributed by atoms with Gasteiger partial charge in [0.05, 0.1) is 0 Å². The molecule has 1 aromatic rings. The summed E-state index contributed by atoms with van der Waals surface area (Å²) in [6.07, 6.45) is 4.58. The van der Waals surface area contributed by atoms with Gasteiger partial charge in [0, 0.05) is 25.3 Å². The summed E-state index contributed by atoms with van der Waals surface area (Å²) in [6, 6.07) is 2.56. The summed E-state index contributed by atoms with van der Waals surface area (Å²) in [6.45, 7) is 2.13. The topological polar surface area (TPSA) is 41.0 Å². The first-order chi connectivity index (χ1) is 6.40. The molecule has 13 heavy (non-hydrogen) atoms. The number of anilines is 1. The van der Waals surface area contributed by atoms with E-state index >= 15 is 0 Å². The fourth-order valence-corrected chi connectivity index (χ4v) is 1.67. The van der Waals surface area contributed by atoms with Crippen molar-refractivity contribution < 1.29 is 0 Å². The second-order valence-corrected chi connectivity index (χ2v) is 3.29. The molecule has 2 rings (SSSR count). The number of hydrogen-bond acceptors (Lipinski definition) is 4. The van der Waals surface area contributed by atoms with Crippen molar-refractivity contribution in [2.45, 2.75) is 12.5 Å². The lowest BCUT2D eigenvalue weighted by molar-refractivity contribution is 0.616. The summed E-state index contributed by atoms with van der Waals surface area (Å²) in [5, 5.41) is 3.28. The summed E-state index contributed by atoms with van der Waals surface area (Å²) in [4.78, 5) is 10.4. The Balaban J connectivity index is 2.04. The summed E-state index contributed by atoms with van der Waals surface area (Å²) < 4.78 is 0. The monoisotopic (exact) mass is 178 g/mol. The molecule has 1 atom stereocenters. The third-order valence-corrected chi connectivity index (χ3v) is 2.49. The molecule has 0 radical (unpaired) electrons. The van der Waals surface area contributed by atoms with Crippen LogP contribution in [0, 0.1) is 0 Å². The lowest BCUT2D eigenvalue weighted by Gasteiger charge is -2.16. The molecule has 70 valence electrons. The Bertz CT molecular complexity index is 262. The fourth-order valence-electron chi connectivity index (χ4n) is 1.67. The zero-order chi connectivity index (χ0) is 9.10. The molecule has 2 heterocycles. The van der Waals surface area contributed by atoms with Gasteiger partial charge in [-0.3, -0.25) is 0 Å². The highest BCUT2D eigenvalue weighted by Gasteiger charge is 2.21. The zero-order valence-corrected chi connectivity index (χ0v) is 7.77. The minimum Gasteiger partial charge on any atom is -0.355 e. The molecule has 1 saturated heterocycles. The minimum atomic E-state index is 0.606. The van der Waals surface area contributed by atoms with Gasteiger partial charge in [-0.15, -0.1) is 0 Å². The van der Waals surface area contributed by atoms with Gasteiger partial charge in [-0.05, 0) is 19.5 Å². The van der Waals surface area contributed by atoms with Crippen molar-refractivity contribution in [1.82, 2.24) is 15.3 Å². The van der Waals surface area contributed by atoms with E-state index in [4.69, 9.17) is 0 Å². The number of hydrogen-bond donors (Lipinski definition) is 1. The number of aromatic nitrogens is 2. The van der Waals surface area contributed by atoms with Crippen molar-refractivity contribution in [1.29, 1.82) is 0 Å². The van der Waals surface area contributed by atoms with E-state index in [0.717, 1.165) is 18.9 Å². The molecule has 0 spiro atoms. The predicted octanol–water partition coefficient (Wildman–Crippen LogP) is 0.275. The van der Waals surface area contributed by atoms with Crippen molar-refractivity contribution in [2.75, 3.05) is 25.0 Å². The molecule has 0 amide bonds. The predicted molar refractivity (Wildman–Crippen MR) is 51.7 cm³/mol. The third kappa shape index (κ3) is 1.78. The van der Waals surface area contributed by atoms with Gasteiger partial charge in [0.15, 0.2) is 0 Å². The molecular weight excluding hydrogens is 164 g/mol. The molecule has 4 heteroatoms. The van der Waals surface area contributed by atoms with Crippen LogP contribution in [0.4, 0.5) is 5.82 Å². The molecule has 1 aromatic heterocycles. The Kier molecular flexibility index (Phi) is 2.40. The van der Waals surface area contributed by atoms with Crippen molar-refractivity contribution >= 4 is 5.82 Å². The maximum atomic E-state index is 4.22. The molecule has 0 aromatic carbocycles. The molecule has 1 unspecified atom stereocenters. The first kappa shape index (κ1) is 8.44. The molecule has 1 aliphatic heterocycles. The van der Waals surface area contributed by atoms with Crippen LogP contribution in [0.25, 0.3) is 0 Å². The van der Waals surface area contributed by atoms with Crippen LogP contribution in [0.1, 0.15) is 6.42 Å². The molecule has 4 nitrogen and oxygen atoms in total. The van der Waals surface area contributed by atoms with Gasteiger partial charge >= 0.3 is 0 Å². The average molecular weight is 178 g/mol. The van der Waals surface area contributed by atoms with Gasteiger partial charge in [0.1, 0.15) is 12.1 Å². The highest BCUT2D eigenvalue weighted by Crippen LogP contribution is 2.16. The van der Waals surface area contributed by atoms with Gasteiger partial charge in [0.25, 0.3) is 0 Å². The summed E-state index contributed by atoms with van der Waals surface area (Å²) in [5.74, 6) is 1.03. The average Bonchev–Trinajstić information content (AvgIpc) is 2.67. The van der Waals surface area contributed by atoms with Gasteiger partial charge in [-0.2, -0.15) is 0 Å². The number of likely N-dealkylation sites (N-methyl/N-ethyl adjacent to an activating group) is 1. The van der Waals surface area contributed by atoms with Gasteiger partial charge in [0.2, 0.25) is 0 Å². The van der Waals surface area contributed by atoms with E-state index in [1.54, 1.807) is 12.5 Å². The Morgan fingerprint density at radius 2 is 2.54 bits per heavy atom. The highest BCUT2D eigenvalue weighted by molar-refractivity contribution is 5.38. The van der Waals surface area contributed by atoms with E-state index < -0.39 is 0 Å². The van der Waals surface area contributed by atoms with Crippen molar-refractivity contribution in [3.8, 4) is 0 Å². The van der Waals surface area contributed by atoms with Gasteiger partial charge < -0.3 is 10.2 Å². The van der Waals surface area contributed by atoms with E-state index in [9.17, 15) is 0 Å². The van der Waals surface area contributed by atoms with Crippen LogP contribution in [0.15, 0.2) is 18.6 Å². The van der Waals surface area contributed by atoms with Crippen molar-refractivity contribution in [3.05, 3.63) is 18.6 Å². The van der Waals surface area contributed by atoms with Crippen LogP contribution < -0.4 is 10.2 Å². The summed E-state index contributed by atoms with van der Waals surface area (Å²) >= 11 is 0. The van der Waals surface area contributed by atoms with Gasteiger partial charge in [-0.25, -0.2) is 9.97 Å². The first-order valence-electron chi connectivity index (χ1n) is 4.58. The maximum Gasteiger partial charge on any atom is 0.131 e. The molecule has 0 bridgehead atoms. The zero-order valence-electron chi connectivity index (χ0n) is 7.77. The number of rotatable bonds is 2. The van der Waals surface area contributed by atoms with E-state index in [1.807, 2.05) is 13.1 Å². The molecular formula is C9H14N4. The molecule has 1 N–H and O–H groups in total. The van der Waals surface area contributed by atoms with Crippen LogP contribution in [0.3, 0.4) is 0 Å². The number of nitrogens with zero attached hydrogens (tertiary/aromatic N) is 3. The lowest BCUT2D eigenvalue weighted by Crippen LogP contribution is -2.29. The Hall–Kier alpha value is -1.16. The quantitative estimate of drug-likeness (QED) is 0.706. The second kappa shape index (κ2) is 3.70. The first-order valence-corrected chi connectivity index (χ1v) is 4.58. The SMILES string of the molecule is CNC1CCN(c2ccncn2)C1. The van der Waals surface area contributed by atoms with Crippen LogP contribution >= 0.6 is 0 Å². The van der Waals surface area contributed by atoms with E-state index in [2.05, 4.69) is 20.2 Å². The standard InChI is InChI=1S/C9H14N4/c1-10-8-3-5-13(6-8)9-2-4-11-7-12-9/h2,4,7-8,10H,3,5-6H2,1H3. The summed E-state index contributed by atoms with van der Waals surface area (Å²) in [7, 11) is 2.01. The van der Waals surface area contributed by atoms with Crippen LogP contribution in [-0.2, 0) is 0 Å². The molecule has 0 saturated carbocycles. The fraction of sp³-hybridized carbons (Fsp3) is 0.556. The van der Waals surface area contributed by atoms with Crippen molar-refractivity contribution in [2.24, 2.45) is 0 Å². The van der Waals surface area contributed by atoms with Crippen LogP contribution in [-0.4, -0.2) is 36.1 Å². The third-order valence-electron chi connectivity index (χ3n) is 2.49. The Labute approximate surface area is 78.0 Å². The number of nitrogens with one attached hydrogen (secondary N) is 1. The van der Waals surface area contributed by atoms with Crippen LogP contribution in [0.5, 0.6) is 0 Å². The largest absolute Gasteiger partial charge is 0.355 e. The van der Waals surface area contributed by atoms with E-state index in [-0.39, 0.29) is 0 Å². The maximum absolute atomic E-state index is 4.22. The smallest absolute Gasteiger partial charge is 0.131 e. The van der Waals surface area contributed by atoms with Gasteiger partial charge in [-0.1, -0.05) is 0 Å². The summed E-state index contributed by atoms with van der Waals surface area (Å²) in [5.41, 5.74) is 0. The highest BCUT2D eigenvalue weighted by atomic mass is 15.2. The van der Waals surface area contributed by atoms with Crippen molar-refractivity contribution in [3.63, 3.8) is 0 Å². The molecule has 0 aliphatic carbocycles.